The van der Waals surface area contributed by atoms with Crippen molar-refractivity contribution in [3.8, 4) is 0 Å². The molecule has 0 aromatic carbocycles. The largest absolute Gasteiger partial charge is 0.403 e. The molecule has 1 atom stereocenters. The van der Waals surface area contributed by atoms with Crippen molar-refractivity contribution in [1.29, 1.82) is 0 Å². The molecule has 0 N–H and O–H groups in total. The number of hydrogen-bond acceptors (Lipinski definition) is 3. The minimum Gasteiger partial charge on any atom is -0.101 e. The molecule has 0 radical (unpaired) electrons. The van der Waals surface area contributed by atoms with Gasteiger partial charge in [0.25, 0.3) is 11.9 Å². The summed E-state index contributed by atoms with van der Waals surface area (Å²) >= 11 is 0. The fourth-order valence-corrected chi connectivity index (χ4v) is 0.896. The predicted octanol–water partition coefficient (Wildman–Crippen LogP) is -0.427. The molecule has 32 valence electrons. The van der Waals surface area contributed by atoms with Gasteiger partial charge in [-0.2, -0.15) is 0 Å². The zero-order chi connectivity index (χ0) is 4.43. The second-order valence-corrected chi connectivity index (χ2v) is 1.76. The number of rotatable bonds is 0. The maximum absolute atomic E-state index is 3.92. The van der Waals surface area contributed by atoms with E-state index >= 15 is 0 Å². The van der Waals surface area contributed by atoms with Crippen molar-refractivity contribution in [2.75, 3.05) is 0 Å². The molecule has 0 amide bonds. The van der Waals surface area contributed by atoms with Crippen molar-refractivity contribution >= 4 is 11.7 Å². The lowest BCUT2D eigenvalue weighted by Gasteiger charge is -1.86. The number of fused-ring (bicyclic) bond motifs is 1. The number of nitrogens with zero attached hydrogens (tertiary/aromatic N) is 4. The van der Waals surface area contributed by atoms with Gasteiger partial charge in [0.2, 0.25) is 0 Å². The van der Waals surface area contributed by atoms with E-state index in [-0.39, 0.29) is 0 Å². The van der Waals surface area contributed by atoms with Crippen LogP contribution in [-0.2, 0) is 0 Å². The van der Waals surface area contributed by atoms with Crippen LogP contribution < -0.4 is 0 Å². The summed E-state index contributed by atoms with van der Waals surface area (Å²) < 4.78 is 1.86. The average molecular weight is 93.1 g/mol. The monoisotopic (exact) mass is 93.0 g/mol. The first-order valence-corrected chi connectivity index (χ1v) is 2.13. The van der Waals surface area contributed by atoms with Crippen molar-refractivity contribution in [3.05, 3.63) is 0 Å². The molecule has 7 heavy (non-hydrogen) atoms. The van der Waals surface area contributed by atoms with E-state index in [1.54, 1.807) is 0 Å². The molecule has 0 saturated carbocycles. The normalized spacial score (nSPS) is 37.7. The first-order chi connectivity index (χ1) is 3.47. The van der Waals surface area contributed by atoms with E-state index in [9.17, 15) is 0 Å². The van der Waals surface area contributed by atoms with Gasteiger partial charge in [-0.05, 0) is 5.10 Å². The van der Waals surface area contributed by atoms with Gasteiger partial charge in [-0.25, -0.2) is 0 Å². The Balaban J connectivity index is 2.64. The molecule has 4 nitrogen and oxygen atoms in total. The van der Waals surface area contributed by atoms with E-state index < -0.39 is 0 Å². The minimum atomic E-state index is 0.444. The van der Waals surface area contributed by atoms with Gasteiger partial charge >= 0.3 is 5.84 Å². The zero-order valence-electron chi connectivity index (χ0n) is 3.37. The van der Waals surface area contributed by atoms with Gasteiger partial charge in [-0.1, -0.05) is 5.11 Å². The molecule has 0 aromatic heterocycles. The second-order valence-electron chi connectivity index (χ2n) is 1.76. The summed E-state index contributed by atoms with van der Waals surface area (Å²) in [6, 6.07) is 0.444. The Hall–Kier alpha value is -1.06. The summed E-state index contributed by atoms with van der Waals surface area (Å²) in [7, 11) is 0. The predicted molar refractivity (Wildman–Crippen MR) is 21.3 cm³/mol. The highest BCUT2D eigenvalue weighted by atomic mass is 15.6. The van der Waals surface area contributed by atoms with Crippen LogP contribution in [-0.4, -0.2) is 22.4 Å². The molecule has 3 rings (SSSR count). The summed E-state index contributed by atoms with van der Waals surface area (Å²) in [6.07, 6.45) is 0. The topological polar surface area (TPSA) is 40.1 Å². The highest BCUT2D eigenvalue weighted by Crippen LogP contribution is 2.32. The number of azo groups is 2. The van der Waals surface area contributed by atoms with Crippen LogP contribution in [0.4, 0.5) is 0 Å². The van der Waals surface area contributed by atoms with Crippen molar-refractivity contribution in [2.45, 2.75) is 6.04 Å². The van der Waals surface area contributed by atoms with Crippen LogP contribution in [0.1, 0.15) is 0 Å². The summed E-state index contributed by atoms with van der Waals surface area (Å²) in [6.45, 7) is 0. The van der Waals surface area contributed by atoms with Gasteiger partial charge in [0.15, 0.2) is 0 Å². The van der Waals surface area contributed by atoms with Gasteiger partial charge in [0, 0.05) is 0 Å². The van der Waals surface area contributed by atoms with Crippen molar-refractivity contribution in [2.24, 2.45) is 15.3 Å². The lowest BCUT2D eigenvalue weighted by molar-refractivity contribution is -0.395. The van der Waals surface area contributed by atoms with Gasteiger partial charge in [-0.3, -0.25) is 0 Å². The van der Waals surface area contributed by atoms with Gasteiger partial charge in [0.05, 0.1) is 5.10 Å². The molecule has 0 aliphatic carbocycles. The van der Waals surface area contributed by atoms with E-state index in [4.69, 9.17) is 0 Å². The molecule has 3 aliphatic rings. The average Bonchev–Trinajstić information content (AvgIpc) is 2.02. The standard InChI is InChI=1S/C3HN4/c4-2-1-3(5-4)7(1)6-2/h1H/q+1. The molecule has 1 fully saturated rings. The van der Waals surface area contributed by atoms with Crippen LogP contribution in [0.3, 0.4) is 0 Å². The lowest BCUT2D eigenvalue weighted by Crippen LogP contribution is -2.13. The van der Waals surface area contributed by atoms with Gasteiger partial charge < -0.3 is 0 Å². The Labute approximate surface area is 38.9 Å². The molecular formula is C3HN4+. The fraction of sp³-hybridized carbons (Fsp3) is 0.333. The quantitative estimate of drug-likeness (QED) is 0.288. The maximum atomic E-state index is 3.92. The third kappa shape index (κ3) is 0.0887. The van der Waals surface area contributed by atoms with E-state index in [1.165, 1.54) is 0 Å². The fourth-order valence-electron chi connectivity index (χ4n) is 0.896. The molecule has 4 heteroatoms. The second kappa shape index (κ2) is 0.395. The number of amidine groups is 2. The van der Waals surface area contributed by atoms with E-state index in [2.05, 4.69) is 15.3 Å². The van der Waals surface area contributed by atoms with Crippen LogP contribution >= 0.6 is 0 Å². The van der Waals surface area contributed by atoms with E-state index in [0.29, 0.717) is 6.04 Å². The minimum absolute atomic E-state index is 0.444. The SMILES string of the molecule is N1=C2N=[N+]3C(=N1)C23. The van der Waals surface area contributed by atoms with Crippen LogP contribution in [0, 0.1) is 0 Å². The first-order valence-electron chi connectivity index (χ1n) is 2.13. The molecule has 1 saturated heterocycles. The highest BCUT2D eigenvalue weighted by Gasteiger charge is 2.69. The molecular weight excluding hydrogens is 92.1 g/mol. The van der Waals surface area contributed by atoms with Crippen LogP contribution in [0.15, 0.2) is 15.3 Å². The zero-order valence-corrected chi connectivity index (χ0v) is 3.37. The maximum Gasteiger partial charge on any atom is 0.403 e. The third-order valence-electron chi connectivity index (χ3n) is 1.37. The van der Waals surface area contributed by atoms with Crippen LogP contribution in [0.25, 0.3) is 0 Å². The highest BCUT2D eigenvalue weighted by molar-refractivity contribution is 6.19. The van der Waals surface area contributed by atoms with Gasteiger partial charge in [-0.15, -0.1) is 4.70 Å². The molecule has 1 unspecified atom stereocenters. The van der Waals surface area contributed by atoms with Gasteiger partial charge in [0.1, 0.15) is 0 Å². The molecule has 0 bridgehead atoms. The Kier molecular flexibility index (Phi) is 0.130. The molecule has 3 aliphatic heterocycles. The third-order valence-corrected chi connectivity index (χ3v) is 1.37. The summed E-state index contributed by atoms with van der Waals surface area (Å²) in [5, 5.41) is 11.4. The summed E-state index contributed by atoms with van der Waals surface area (Å²) in [5.41, 5.74) is 0. The van der Waals surface area contributed by atoms with E-state index in [1.807, 2.05) is 4.70 Å². The lowest BCUT2D eigenvalue weighted by atomic mass is 10.4. The molecule has 3 heterocycles. The van der Waals surface area contributed by atoms with Crippen LogP contribution in [0.2, 0.25) is 0 Å². The Bertz CT molecular complexity index is 212. The smallest absolute Gasteiger partial charge is 0.101 e. The Morgan fingerprint density at radius 2 is 2.43 bits per heavy atom. The number of hydrogen-bond donors (Lipinski definition) is 0. The van der Waals surface area contributed by atoms with Crippen molar-refractivity contribution in [3.63, 3.8) is 0 Å². The van der Waals surface area contributed by atoms with Crippen LogP contribution in [0.5, 0.6) is 0 Å². The Morgan fingerprint density at radius 3 is 2.57 bits per heavy atom. The van der Waals surface area contributed by atoms with E-state index in [0.717, 1.165) is 11.7 Å². The summed E-state index contributed by atoms with van der Waals surface area (Å²) in [5.74, 6) is 1.94. The Morgan fingerprint density at radius 1 is 1.43 bits per heavy atom. The molecule has 0 spiro atoms. The molecule has 0 aromatic rings. The van der Waals surface area contributed by atoms with Crippen molar-refractivity contribution < 1.29 is 4.70 Å². The summed E-state index contributed by atoms with van der Waals surface area (Å²) in [4.78, 5) is 0. The first kappa shape index (κ1) is 2.30. The van der Waals surface area contributed by atoms with Crippen molar-refractivity contribution in [1.82, 2.24) is 0 Å².